The molecule has 5 heteroatoms. The van der Waals surface area contributed by atoms with Crippen LogP contribution in [-0.4, -0.2) is 30.9 Å². The van der Waals surface area contributed by atoms with Gasteiger partial charge in [0, 0.05) is 13.5 Å². The molecule has 1 heterocycles. The summed E-state index contributed by atoms with van der Waals surface area (Å²) in [6, 6.07) is 0. The normalized spacial score (nSPS) is 30.7. The fourth-order valence-corrected chi connectivity index (χ4v) is 1.82. The quantitative estimate of drug-likeness (QED) is 0.717. The van der Waals surface area contributed by atoms with Crippen LogP contribution < -0.4 is 0 Å². The molecule has 2 atom stereocenters. The third kappa shape index (κ3) is 2.23. The first kappa shape index (κ1) is 10.3. The smallest absolute Gasteiger partial charge is 0.154 e. The van der Waals surface area contributed by atoms with Crippen molar-refractivity contribution in [2.75, 3.05) is 0 Å². The first-order valence-corrected chi connectivity index (χ1v) is 5.22. The molecule has 1 aliphatic rings. The Kier molecular flexibility index (Phi) is 2.56. The van der Waals surface area contributed by atoms with Gasteiger partial charge in [0.25, 0.3) is 0 Å². The molecule has 1 aliphatic carbocycles. The predicted octanol–water partition coefficient (Wildman–Crippen LogP) is 0.470. The highest BCUT2D eigenvalue weighted by molar-refractivity contribution is 5.10. The van der Waals surface area contributed by atoms with E-state index in [1.165, 1.54) is 0 Å². The van der Waals surface area contributed by atoms with E-state index in [1.54, 1.807) is 11.7 Å². The van der Waals surface area contributed by atoms with Crippen LogP contribution in [0.2, 0.25) is 0 Å². The first-order chi connectivity index (χ1) is 7.09. The lowest BCUT2D eigenvalue weighted by Gasteiger charge is -2.29. The molecule has 1 aromatic rings. The molecule has 0 bridgehead atoms. The van der Waals surface area contributed by atoms with Gasteiger partial charge in [0.1, 0.15) is 0 Å². The van der Waals surface area contributed by atoms with Crippen LogP contribution in [0, 0.1) is 5.92 Å². The van der Waals surface area contributed by atoms with Gasteiger partial charge < -0.3 is 5.11 Å². The van der Waals surface area contributed by atoms with E-state index in [-0.39, 0.29) is 0 Å². The summed E-state index contributed by atoms with van der Waals surface area (Å²) in [5.74, 6) is 1.28. The fraction of sp³-hybridized carbons (Fsp3) is 0.700. The molecule has 1 aromatic heterocycles. The highest BCUT2D eigenvalue weighted by atomic mass is 16.3. The van der Waals surface area contributed by atoms with Gasteiger partial charge >= 0.3 is 0 Å². The van der Waals surface area contributed by atoms with Gasteiger partial charge in [0.15, 0.2) is 5.82 Å². The van der Waals surface area contributed by atoms with Crippen molar-refractivity contribution in [3.8, 4) is 0 Å². The Labute approximate surface area is 88.8 Å². The predicted molar refractivity (Wildman–Crippen MR) is 55.0 cm³/mol. The highest BCUT2D eigenvalue weighted by Crippen LogP contribution is 2.27. The van der Waals surface area contributed by atoms with Crippen molar-refractivity contribution in [3.05, 3.63) is 18.0 Å². The van der Waals surface area contributed by atoms with Gasteiger partial charge in [-0.15, -0.1) is 5.10 Å². The number of nitrogens with zero attached hydrogens (tertiary/aromatic N) is 4. The number of aromatic nitrogens is 4. The lowest BCUT2D eigenvalue weighted by atomic mass is 9.84. The van der Waals surface area contributed by atoms with Gasteiger partial charge in [0.2, 0.25) is 0 Å². The molecule has 0 saturated carbocycles. The molecule has 0 radical (unpaired) electrons. The maximum absolute atomic E-state index is 10.3. The molecular weight excluding hydrogens is 192 g/mol. The van der Waals surface area contributed by atoms with E-state index in [1.807, 2.05) is 6.08 Å². The molecule has 2 rings (SSSR count). The summed E-state index contributed by atoms with van der Waals surface area (Å²) >= 11 is 0. The van der Waals surface area contributed by atoms with Gasteiger partial charge in [-0.2, -0.15) is 0 Å². The van der Waals surface area contributed by atoms with Crippen molar-refractivity contribution in [1.29, 1.82) is 0 Å². The largest absolute Gasteiger partial charge is 0.385 e. The Bertz CT molecular complexity index is 373. The number of allylic oxidation sites excluding steroid dienone is 1. The molecule has 1 N–H and O–H groups in total. The third-order valence-electron chi connectivity index (χ3n) is 2.94. The SMILES string of the molecule is CC1C=CC(O)(Cc2nnnn2C)CC1. The van der Waals surface area contributed by atoms with E-state index in [0.29, 0.717) is 12.3 Å². The number of hydrogen-bond donors (Lipinski definition) is 1. The number of aliphatic hydroxyl groups is 1. The average Bonchev–Trinajstić information content (AvgIpc) is 2.58. The first-order valence-electron chi connectivity index (χ1n) is 5.22. The van der Waals surface area contributed by atoms with Gasteiger partial charge in [0.05, 0.1) is 5.60 Å². The van der Waals surface area contributed by atoms with Gasteiger partial charge in [-0.25, -0.2) is 4.68 Å². The van der Waals surface area contributed by atoms with Crippen molar-refractivity contribution in [2.24, 2.45) is 13.0 Å². The minimum absolute atomic E-state index is 0.486. The molecule has 0 saturated heterocycles. The van der Waals surface area contributed by atoms with E-state index >= 15 is 0 Å². The number of rotatable bonds is 2. The minimum Gasteiger partial charge on any atom is -0.385 e. The molecular formula is C10H16N4O. The summed E-state index contributed by atoms with van der Waals surface area (Å²) in [6.45, 7) is 2.15. The second kappa shape index (κ2) is 3.73. The van der Waals surface area contributed by atoms with E-state index in [0.717, 1.165) is 18.7 Å². The molecule has 0 spiro atoms. The van der Waals surface area contributed by atoms with E-state index < -0.39 is 5.60 Å². The zero-order valence-electron chi connectivity index (χ0n) is 9.09. The van der Waals surface area contributed by atoms with E-state index in [2.05, 4.69) is 28.5 Å². The maximum atomic E-state index is 10.3. The van der Waals surface area contributed by atoms with Crippen molar-refractivity contribution < 1.29 is 5.11 Å². The van der Waals surface area contributed by atoms with Gasteiger partial charge in [-0.1, -0.05) is 19.1 Å². The molecule has 82 valence electrons. The Hall–Kier alpha value is -1.23. The van der Waals surface area contributed by atoms with Crippen LogP contribution in [0.4, 0.5) is 0 Å². The summed E-state index contributed by atoms with van der Waals surface area (Å²) in [7, 11) is 1.79. The minimum atomic E-state index is -0.769. The van der Waals surface area contributed by atoms with Crippen LogP contribution in [0.5, 0.6) is 0 Å². The lowest BCUT2D eigenvalue weighted by molar-refractivity contribution is 0.0670. The van der Waals surface area contributed by atoms with Crippen LogP contribution in [0.3, 0.4) is 0 Å². The summed E-state index contributed by atoms with van der Waals surface area (Å²) in [4.78, 5) is 0. The summed E-state index contributed by atoms with van der Waals surface area (Å²) in [5, 5.41) is 21.5. The van der Waals surface area contributed by atoms with Crippen molar-refractivity contribution in [3.63, 3.8) is 0 Å². The van der Waals surface area contributed by atoms with Crippen molar-refractivity contribution in [1.82, 2.24) is 20.2 Å². The van der Waals surface area contributed by atoms with Crippen molar-refractivity contribution in [2.45, 2.75) is 31.8 Å². The van der Waals surface area contributed by atoms with E-state index in [9.17, 15) is 5.11 Å². The van der Waals surface area contributed by atoms with Crippen LogP contribution in [0.15, 0.2) is 12.2 Å². The van der Waals surface area contributed by atoms with Crippen molar-refractivity contribution >= 4 is 0 Å². The third-order valence-corrected chi connectivity index (χ3v) is 2.94. The number of hydrogen-bond acceptors (Lipinski definition) is 4. The Balaban J connectivity index is 2.12. The summed E-state index contributed by atoms with van der Waals surface area (Å²) < 4.78 is 1.60. The Morgan fingerprint density at radius 2 is 2.47 bits per heavy atom. The molecule has 0 amide bonds. The number of tetrazole rings is 1. The Morgan fingerprint density at radius 3 is 3.00 bits per heavy atom. The monoisotopic (exact) mass is 208 g/mol. The molecule has 0 aliphatic heterocycles. The highest BCUT2D eigenvalue weighted by Gasteiger charge is 2.29. The average molecular weight is 208 g/mol. The second-order valence-corrected chi connectivity index (χ2v) is 4.37. The molecule has 5 nitrogen and oxygen atoms in total. The van der Waals surface area contributed by atoms with Crippen LogP contribution >= 0.6 is 0 Å². The van der Waals surface area contributed by atoms with E-state index in [4.69, 9.17) is 0 Å². The summed E-state index contributed by atoms with van der Waals surface area (Å²) in [6.07, 6.45) is 6.22. The lowest BCUT2D eigenvalue weighted by Crippen LogP contribution is -2.33. The molecule has 2 unspecified atom stereocenters. The topological polar surface area (TPSA) is 63.8 Å². The van der Waals surface area contributed by atoms with Crippen LogP contribution in [0.25, 0.3) is 0 Å². The Morgan fingerprint density at radius 1 is 1.67 bits per heavy atom. The number of aryl methyl sites for hydroxylation is 1. The van der Waals surface area contributed by atoms with Gasteiger partial charge in [-0.05, 0) is 29.2 Å². The van der Waals surface area contributed by atoms with Crippen LogP contribution in [0.1, 0.15) is 25.6 Å². The maximum Gasteiger partial charge on any atom is 0.154 e. The van der Waals surface area contributed by atoms with Gasteiger partial charge in [-0.3, -0.25) is 0 Å². The standard InChI is InChI=1S/C10H16N4O/c1-8-3-5-10(15,6-4-8)7-9-11-12-13-14(9)2/h3,5,8,15H,4,6-7H2,1-2H3. The van der Waals surface area contributed by atoms with Crippen LogP contribution in [-0.2, 0) is 13.5 Å². The fourth-order valence-electron chi connectivity index (χ4n) is 1.82. The zero-order valence-corrected chi connectivity index (χ0v) is 9.09. The molecule has 0 fully saturated rings. The molecule has 15 heavy (non-hydrogen) atoms. The second-order valence-electron chi connectivity index (χ2n) is 4.37. The molecule has 0 aromatic carbocycles. The summed E-state index contributed by atoms with van der Waals surface area (Å²) in [5.41, 5.74) is -0.769. The zero-order chi connectivity index (χ0) is 10.9.